The number of nitrogens with zero attached hydrogens (tertiary/aromatic N) is 2. The van der Waals surface area contributed by atoms with E-state index in [-0.39, 0.29) is 24.8 Å². The molecular weight excluding hydrogens is 354 g/mol. The zero-order chi connectivity index (χ0) is 19.9. The summed E-state index contributed by atoms with van der Waals surface area (Å²) < 4.78 is 5.62. The summed E-state index contributed by atoms with van der Waals surface area (Å²) in [4.78, 5) is 30.6. The van der Waals surface area contributed by atoms with Gasteiger partial charge in [-0.1, -0.05) is 30.3 Å². The molecule has 0 saturated heterocycles. The third-order valence-corrected chi connectivity index (χ3v) is 4.31. The van der Waals surface area contributed by atoms with E-state index in [1.807, 2.05) is 61.5 Å². The molecule has 0 fully saturated rings. The Balaban J connectivity index is 1.72. The van der Waals surface area contributed by atoms with Gasteiger partial charge in [-0.25, -0.2) is 0 Å². The number of fused-ring (bicyclic) bond motifs is 1. The lowest BCUT2D eigenvalue weighted by molar-refractivity contribution is -0.117. The van der Waals surface area contributed by atoms with Crippen molar-refractivity contribution in [2.24, 2.45) is 0 Å². The first-order valence-electron chi connectivity index (χ1n) is 9.23. The molecule has 2 aromatic carbocycles. The summed E-state index contributed by atoms with van der Waals surface area (Å²) >= 11 is 0. The van der Waals surface area contributed by atoms with Crippen LogP contribution in [-0.4, -0.2) is 29.9 Å². The topological polar surface area (TPSA) is 71.5 Å². The van der Waals surface area contributed by atoms with Crippen molar-refractivity contribution in [2.75, 3.05) is 23.4 Å². The highest BCUT2D eigenvalue weighted by atomic mass is 16.5. The number of ether oxygens (including phenoxy) is 1. The second-order valence-corrected chi connectivity index (χ2v) is 6.25. The van der Waals surface area contributed by atoms with Gasteiger partial charge in [0.05, 0.1) is 23.5 Å². The highest BCUT2D eigenvalue weighted by molar-refractivity contribution is 6.01. The lowest BCUT2D eigenvalue weighted by atomic mass is 10.2. The number of carbonyl (C=O) groups is 2. The second-order valence-electron chi connectivity index (χ2n) is 6.25. The van der Waals surface area contributed by atoms with Crippen LogP contribution in [0.25, 0.3) is 10.9 Å². The van der Waals surface area contributed by atoms with Crippen LogP contribution >= 0.6 is 0 Å². The SMILES string of the molecule is CCOc1ccccc1N(CCC(=O)Nc1cccc2cccnc12)C(C)=O. The molecule has 6 heteroatoms. The number of carbonyl (C=O) groups excluding carboxylic acids is 2. The Morgan fingerprint density at radius 1 is 1.07 bits per heavy atom. The third kappa shape index (κ3) is 4.46. The Kier molecular flexibility index (Phi) is 6.22. The highest BCUT2D eigenvalue weighted by Crippen LogP contribution is 2.28. The molecule has 0 radical (unpaired) electrons. The zero-order valence-corrected chi connectivity index (χ0v) is 16.0. The quantitative estimate of drug-likeness (QED) is 0.675. The van der Waals surface area contributed by atoms with Crippen molar-refractivity contribution in [1.82, 2.24) is 4.98 Å². The van der Waals surface area contributed by atoms with Crippen molar-refractivity contribution in [1.29, 1.82) is 0 Å². The second kappa shape index (κ2) is 8.99. The molecule has 0 saturated carbocycles. The van der Waals surface area contributed by atoms with E-state index in [1.165, 1.54) is 6.92 Å². The first kappa shape index (κ1) is 19.4. The summed E-state index contributed by atoms with van der Waals surface area (Å²) in [6.07, 6.45) is 1.85. The first-order chi connectivity index (χ1) is 13.6. The molecule has 144 valence electrons. The van der Waals surface area contributed by atoms with Gasteiger partial charge < -0.3 is 15.0 Å². The average molecular weight is 377 g/mol. The number of hydrogen-bond acceptors (Lipinski definition) is 4. The van der Waals surface area contributed by atoms with E-state index in [4.69, 9.17) is 4.74 Å². The molecular formula is C22H23N3O3. The zero-order valence-electron chi connectivity index (χ0n) is 16.0. The molecule has 1 heterocycles. The van der Waals surface area contributed by atoms with Gasteiger partial charge in [0.1, 0.15) is 5.75 Å². The van der Waals surface area contributed by atoms with Crippen molar-refractivity contribution >= 4 is 34.1 Å². The fourth-order valence-electron chi connectivity index (χ4n) is 3.04. The smallest absolute Gasteiger partial charge is 0.226 e. The summed E-state index contributed by atoms with van der Waals surface area (Å²) in [6, 6.07) is 16.8. The van der Waals surface area contributed by atoms with Crippen LogP contribution < -0.4 is 15.0 Å². The van der Waals surface area contributed by atoms with Crippen molar-refractivity contribution in [3.05, 3.63) is 60.8 Å². The molecule has 0 aliphatic rings. The van der Waals surface area contributed by atoms with Gasteiger partial charge in [0.25, 0.3) is 0 Å². The van der Waals surface area contributed by atoms with Gasteiger partial charge in [-0.05, 0) is 31.2 Å². The number of aromatic nitrogens is 1. The predicted molar refractivity (Wildman–Crippen MR) is 111 cm³/mol. The van der Waals surface area contributed by atoms with Crippen LogP contribution in [0.3, 0.4) is 0 Å². The number of anilines is 2. The summed E-state index contributed by atoms with van der Waals surface area (Å²) in [5, 5.41) is 3.85. The van der Waals surface area contributed by atoms with Gasteiger partial charge in [0.2, 0.25) is 11.8 Å². The van der Waals surface area contributed by atoms with Crippen molar-refractivity contribution in [2.45, 2.75) is 20.3 Å². The van der Waals surface area contributed by atoms with Crippen molar-refractivity contribution in [3.63, 3.8) is 0 Å². The van der Waals surface area contributed by atoms with Crippen LogP contribution in [0.1, 0.15) is 20.3 Å². The molecule has 2 amide bonds. The lowest BCUT2D eigenvalue weighted by Crippen LogP contribution is -2.32. The number of pyridine rings is 1. The Hall–Kier alpha value is -3.41. The molecule has 28 heavy (non-hydrogen) atoms. The summed E-state index contributed by atoms with van der Waals surface area (Å²) in [7, 11) is 0. The third-order valence-electron chi connectivity index (χ3n) is 4.31. The minimum absolute atomic E-state index is 0.146. The molecule has 1 aromatic heterocycles. The monoisotopic (exact) mass is 377 g/mol. The molecule has 0 aliphatic heterocycles. The van der Waals surface area contributed by atoms with E-state index in [0.717, 1.165) is 10.9 Å². The van der Waals surface area contributed by atoms with E-state index in [2.05, 4.69) is 10.3 Å². The minimum atomic E-state index is -0.182. The molecule has 0 aliphatic carbocycles. The summed E-state index contributed by atoms with van der Waals surface area (Å²) in [5.74, 6) is 0.295. The summed E-state index contributed by atoms with van der Waals surface area (Å²) in [6.45, 7) is 4.12. The Labute approximate surface area is 164 Å². The fraction of sp³-hybridized carbons (Fsp3) is 0.227. The van der Waals surface area contributed by atoms with Crippen LogP contribution in [-0.2, 0) is 9.59 Å². The van der Waals surface area contributed by atoms with Crippen LogP contribution in [0, 0.1) is 0 Å². The number of hydrogen-bond donors (Lipinski definition) is 1. The average Bonchev–Trinajstić information content (AvgIpc) is 2.69. The van der Waals surface area contributed by atoms with E-state index >= 15 is 0 Å². The van der Waals surface area contributed by atoms with Crippen molar-refractivity contribution < 1.29 is 14.3 Å². The number of benzene rings is 2. The van der Waals surface area contributed by atoms with Gasteiger partial charge in [-0.15, -0.1) is 0 Å². The highest BCUT2D eigenvalue weighted by Gasteiger charge is 2.17. The fourth-order valence-corrected chi connectivity index (χ4v) is 3.04. The maximum atomic E-state index is 12.5. The maximum absolute atomic E-state index is 12.5. The van der Waals surface area contributed by atoms with E-state index < -0.39 is 0 Å². The largest absolute Gasteiger partial charge is 0.492 e. The van der Waals surface area contributed by atoms with Crippen LogP contribution in [0.4, 0.5) is 11.4 Å². The molecule has 3 aromatic rings. The minimum Gasteiger partial charge on any atom is -0.492 e. The van der Waals surface area contributed by atoms with Gasteiger partial charge in [-0.2, -0.15) is 0 Å². The molecule has 0 spiro atoms. The molecule has 0 bridgehead atoms. The Morgan fingerprint density at radius 2 is 1.86 bits per heavy atom. The van der Waals surface area contributed by atoms with Crippen LogP contribution in [0.15, 0.2) is 60.8 Å². The first-order valence-corrected chi connectivity index (χ1v) is 9.23. The predicted octanol–water partition coefficient (Wildman–Crippen LogP) is 4.02. The van der Waals surface area contributed by atoms with Crippen LogP contribution in [0.5, 0.6) is 5.75 Å². The van der Waals surface area contributed by atoms with E-state index in [9.17, 15) is 9.59 Å². The lowest BCUT2D eigenvalue weighted by Gasteiger charge is -2.23. The van der Waals surface area contributed by atoms with Gasteiger partial charge in [0.15, 0.2) is 0 Å². The standard InChI is InChI=1S/C22H23N3O3/c1-3-28-20-12-5-4-11-19(20)25(16(2)26)15-13-21(27)24-18-10-6-8-17-9-7-14-23-22(17)18/h4-12,14H,3,13,15H2,1-2H3,(H,24,27). The number of amides is 2. The van der Waals surface area contributed by atoms with Gasteiger partial charge in [0, 0.05) is 31.5 Å². The number of rotatable bonds is 7. The van der Waals surface area contributed by atoms with Crippen molar-refractivity contribution in [3.8, 4) is 5.75 Å². The van der Waals surface area contributed by atoms with Gasteiger partial charge in [-0.3, -0.25) is 14.6 Å². The van der Waals surface area contributed by atoms with E-state index in [1.54, 1.807) is 11.1 Å². The molecule has 3 rings (SSSR count). The molecule has 6 nitrogen and oxygen atoms in total. The molecule has 0 unspecified atom stereocenters. The molecule has 0 atom stereocenters. The Bertz CT molecular complexity index is 982. The Morgan fingerprint density at radius 3 is 2.64 bits per heavy atom. The number of nitrogens with one attached hydrogen (secondary N) is 1. The molecule has 1 N–H and O–H groups in total. The van der Waals surface area contributed by atoms with Gasteiger partial charge >= 0.3 is 0 Å². The van der Waals surface area contributed by atoms with Crippen LogP contribution in [0.2, 0.25) is 0 Å². The maximum Gasteiger partial charge on any atom is 0.226 e. The number of para-hydroxylation sites is 3. The normalized spacial score (nSPS) is 10.5. The van der Waals surface area contributed by atoms with E-state index in [0.29, 0.717) is 23.7 Å². The summed E-state index contributed by atoms with van der Waals surface area (Å²) in [5.41, 5.74) is 2.06.